The Balaban J connectivity index is 1.55. The Bertz CT molecular complexity index is 765. The van der Waals surface area contributed by atoms with E-state index in [1.165, 1.54) is 28.7 Å². The molecule has 28 heavy (non-hydrogen) atoms. The lowest BCUT2D eigenvalue weighted by Crippen LogP contribution is -2.49. The monoisotopic (exact) mass is 405 g/mol. The van der Waals surface area contributed by atoms with Crippen LogP contribution >= 0.6 is 11.3 Å². The van der Waals surface area contributed by atoms with Crippen molar-refractivity contribution in [3.8, 4) is 0 Å². The number of hydrazine groups is 1. The van der Waals surface area contributed by atoms with E-state index in [4.69, 9.17) is 0 Å². The highest BCUT2D eigenvalue weighted by molar-refractivity contribution is 7.14. The SMILES string of the molecule is CC(=O)N1CCC[C@@H](C(=O)NNC(=O)c2cc3c(s2)CC[C@@H](C(C)(C)C)C3)C1. The van der Waals surface area contributed by atoms with E-state index in [9.17, 15) is 14.4 Å². The van der Waals surface area contributed by atoms with E-state index in [0.717, 1.165) is 32.1 Å². The summed E-state index contributed by atoms with van der Waals surface area (Å²) in [7, 11) is 0. The van der Waals surface area contributed by atoms with Gasteiger partial charge in [-0.05, 0) is 55.1 Å². The fourth-order valence-corrected chi connectivity index (χ4v) is 5.24. The lowest BCUT2D eigenvalue weighted by molar-refractivity contribution is -0.134. The van der Waals surface area contributed by atoms with Gasteiger partial charge >= 0.3 is 0 Å². The average molecular weight is 406 g/mol. The maximum Gasteiger partial charge on any atom is 0.279 e. The smallest absolute Gasteiger partial charge is 0.279 e. The summed E-state index contributed by atoms with van der Waals surface area (Å²) in [6, 6.07) is 1.98. The molecule has 0 saturated carbocycles. The summed E-state index contributed by atoms with van der Waals surface area (Å²) < 4.78 is 0. The summed E-state index contributed by atoms with van der Waals surface area (Å²) in [5.74, 6) is -0.158. The van der Waals surface area contributed by atoms with Crippen LogP contribution in [0.15, 0.2) is 6.07 Å². The molecule has 2 aliphatic rings. The molecular weight excluding hydrogens is 374 g/mol. The van der Waals surface area contributed by atoms with Gasteiger partial charge in [0, 0.05) is 24.9 Å². The molecule has 7 heteroatoms. The van der Waals surface area contributed by atoms with Crippen molar-refractivity contribution in [3.05, 3.63) is 21.4 Å². The first-order chi connectivity index (χ1) is 13.1. The topological polar surface area (TPSA) is 78.5 Å². The predicted molar refractivity (Wildman–Crippen MR) is 110 cm³/mol. The number of nitrogens with one attached hydrogen (secondary N) is 2. The first-order valence-corrected chi connectivity index (χ1v) is 10.9. The number of amides is 3. The highest BCUT2D eigenvalue weighted by Gasteiger charge is 2.31. The number of carbonyl (C=O) groups is 3. The number of carbonyl (C=O) groups excluding carboxylic acids is 3. The van der Waals surface area contributed by atoms with Crippen molar-refractivity contribution in [2.45, 2.75) is 59.8 Å². The van der Waals surface area contributed by atoms with Crippen LogP contribution in [0.4, 0.5) is 0 Å². The van der Waals surface area contributed by atoms with Crippen LogP contribution in [0.1, 0.15) is 67.1 Å². The molecule has 2 heterocycles. The fourth-order valence-electron chi connectivity index (χ4n) is 4.13. The Morgan fingerprint density at radius 1 is 1.18 bits per heavy atom. The summed E-state index contributed by atoms with van der Waals surface area (Å²) in [4.78, 5) is 40.1. The number of thiophene rings is 1. The third-order valence-corrected chi connectivity index (χ3v) is 7.30. The number of hydrogen-bond acceptors (Lipinski definition) is 4. The molecule has 0 radical (unpaired) electrons. The standard InChI is InChI=1S/C21H31N3O3S/c1-13(25)24-9-5-6-14(12-24)19(26)22-23-20(27)18-11-15-10-16(21(2,3)4)7-8-17(15)28-18/h11,14,16H,5-10,12H2,1-4H3,(H,22,26)(H,23,27)/t14-,16-/m1/s1. The second-order valence-electron chi connectivity index (χ2n) is 9.11. The Morgan fingerprint density at radius 2 is 1.93 bits per heavy atom. The van der Waals surface area contributed by atoms with Crippen molar-refractivity contribution in [3.63, 3.8) is 0 Å². The van der Waals surface area contributed by atoms with Gasteiger partial charge in [-0.1, -0.05) is 20.8 Å². The number of nitrogens with zero attached hydrogens (tertiary/aromatic N) is 1. The first kappa shape index (κ1) is 20.8. The highest BCUT2D eigenvalue weighted by Crippen LogP contribution is 2.40. The lowest BCUT2D eigenvalue weighted by atomic mass is 9.72. The minimum atomic E-state index is -0.276. The van der Waals surface area contributed by atoms with Gasteiger partial charge in [-0.15, -0.1) is 11.3 Å². The molecule has 3 amide bonds. The molecule has 2 atom stereocenters. The summed E-state index contributed by atoms with van der Waals surface area (Å²) in [6.45, 7) is 9.45. The first-order valence-electron chi connectivity index (χ1n) is 10.1. The molecule has 3 rings (SSSR count). The van der Waals surface area contributed by atoms with Crippen LogP contribution in [0, 0.1) is 17.3 Å². The van der Waals surface area contributed by atoms with Crippen molar-refractivity contribution in [2.24, 2.45) is 17.3 Å². The third kappa shape index (κ3) is 4.74. The van der Waals surface area contributed by atoms with Crippen LogP contribution < -0.4 is 10.9 Å². The minimum absolute atomic E-state index is 0.0146. The van der Waals surface area contributed by atoms with E-state index in [0.29, 0.717) is 23.9 Å². The van der Waals surface area contributed by atoms with Gasteiger partial charge in [0.2, 0.25) is 11.8 Å². The van der Waals surface area contributed by atoms with Crippen LogP contribution in [0.3, 0.4) is 0 Å². The number of fused-ring (bicyclic) bond motifs is 1. The molecule has 1 fully saturated rings. The molecule has 1 aromatic rings. The fraction of sp³-hybridized carbons (Fsp3) is 0.667. The number of piperidine rings is 1. The summed E-state index contributed by atoms with van der Waals surface area (Å²) in [6.07, 6.45) is 4.72. The molecule has 0 aromatic carbocycles. The molecule has 6 nitrogen and oxygen atoms in total. The van der Waals surface area contributed by atoms with Gasteiger partial charge in [-0.25, -0.2) is 0 Å². The van der Waals surface area contributed by atoms with Gasteiger partial charge in [-0.2, -0.15) is 0 Å². The molecular formula is C21H31N3O3S. The number of aryl methyl sites for hydroxylation is 1. The van der Waals surface area contributed by atoms with Crippen molar-refractivity contribution in [1.29, 1.82) is 0 Å². The molecule has 1 aliphatic heterocycles. The van der Waals surface area contributed by atoms with Crippen LogP contribution in [0.5, 0.6) is 0 Å². The normalized spacial score (nSPS) is 22.4. The molecule has 0 unspecified atom stereocenters. The number of likely N-dealkylation sites (tertiary alicyclic amines) is 1. The van der Waals surface area contributed by atoms with Gasteiger partial charge in [-0.3, -0.25) is 25.2 Å². The summed E-state index contributed by atoms with van der Waals surface area (Å²) in [5.41, 5.74) is 6.66. The zero-order valence-electron chi connectivity index (χ0n) is 17.3. The quantitative estimate of drug-likeness (QED) is 0.743. The molecule has 1 aromatic heterocycles. The zero-order chi connectivity index (χ0) is 20.5. The maximum absolute atomic E-state index is 12.5. The Hall–Kier alpha value is -1.89. The largest absolute Gasteiger partial charge is 0.342 e. The zero-order valence-corrected chi connectivity index (χ0v) is 18.1. The number of rotatable bonds is 2. The highest BCUT2D eigenvalue weighted by atomic mass is 32.1. The Morgan fingerprint density at radius 3 is 2.61 bits per heavy atom. The summed E-state index contributed by atoms with van der Waals surface area (Å²) >= 11 is 1.53. The van der Waals surface area contributed by atoms with E-state index in [1.807, 2.05) is 6.07 Å². The minimum Gasteiger partial charge on any atom is -0.342 e. The van der Waals surface area contributed by atoms with Crippen LogP contribution in [-0.4, -0.2) is 35.7 Å². The molecule has 1 aliphatic carbocycles. The molecule has 1 saturated heterocycles. The van der Waals surface area contributed by atoms with Crippen molar-refractivity contribution in [2.75, 3.05) is 13.1 Å². The third-order valence-electron chi connectivity index (χ3n) is 6.07. The van der Waals surface area contributed by atoms with Gasteiger partial charge in [0.25, 0.3) is 5.91 Å². The van der Waals surface area contributed by atoms with Crippen molar-refractivity contribution >= 4 is 29.1 Å². The Labute approximate surface area is 171 Å². The van der Waals surface area contributed by atoms with E-state index in [1.54, 1.807) is 4.90 Å². The van der Waals surface area contributed by atoms with Crippen LogP contribution in [0.2, 0.25) is 0 Å². The number of hydrogen-bond donors (Lipinski definition) is 2. The van der Waals surface area contributed by atoms with E-state index >= 15 is 0 Å². The van der Waals surface area contributed by atoms with Gasteiger partial charge in [0.15, 0.2) is 0 Å². The Kier molecular flexibility index (Phi) is 6.12. The van der Waals surface area contributed by atoms with Crippen molar-refractivity contribution < 1.29 is 14.4 Å². The molecule has 0 bridgehead atoms. The van der Waals surface area contributed by atoms with Crippen LogP contribution in [-0.2, 0) is 22.4 Å². The van der Waals surface area contributed by atoms with Gasteiger partial charge in [0.05, 0.1) is 10.8 Å². The van der Waals surface area contributed by atoms with E-state index < -0.39 is 0 Å². The van der Waals surface area contributed by atoms with Crippen LogP contribution in [0.25, 0.3) is 0 Å². The lowest BCUT2D eigenvalue weighted by Gasteiger charge is -2.33. The maximum atomic E-state index is 12.5. The van der Waals surface area contributed by atoms with E-state index in [-0.39, 0.29) is 29.1 Å². The van der Waals surface area contributed by atoms with Gasteiger partial charge in [0.1, 0.15) is 0 Å². The second kappa shape index (κ2) is 8.23. The average Bonchev–Trinajstić information content (AvgIpc) is 3.08. The molecule has 0 spiro atoms. The second-order valence-corrected chi connectivity index (χ2v) is 10.2. The predicted octanol–water partition coefficient (Wildman–Crippen LogP) is 2.92. The van der Waals surface area contributed by atoms with Crippen molar-refractivity contribution in [1.82, 2.24) is 15.8 Å². The van der Waals surface area contributed by atoms with E-state index in [2.05, 4.69) is 31.6 Å². The molecule has 154 valence electrons. The van der Waals surface area contributed by atoms with Gasteiger partial charge < -0.3 is 4.90 Å². The molecule has 2 N–H and O–H groups in total. The summed E-state index contributed by atoms with van der Waals surface area (Å²) in [5, 5.41) is 0.